The summed E-state index contributed by atoms with van der Waals surface area (Å²) < 4.78 is 9.93. The van der Waals surface area contributed by atoms with Crippen LogP contribution in [0.25, 0.3) is 0 Å². The zero-order valence-corrected chi connectivity index (χ0v) is 19.1. The molecule has 2 aromatic rings. The first-order valence-corrected chi connectivity index (χ1v) is 11.2. The molecule has 1 aliphatic heterocycles. The third kappa shape index (κ3) is 4.80. The number of aromatic nitrogens is 2. The Bertz CT molecular complexity index is 923. The second kappa shape index (κ2) is 9.12. The number of hydrogen-bond acceptors (Lipinski definition) is 6. The highest BCUT2D eigenvalue weighted by atomic mass is 32.1. The summed E-state index contributed by atoms with van der Waals surface area (Å²) >= 11 is 1.10. The van der Waals surface area contributed by atoms with Crippen LogP contribution in [0.4, 0.5) is 11.4 Å². The van der Waals surface area contributed by atoms with E-state index in [1.54, 1.807) is 6.07 Å². The molecule has 0 saturated heterocycles. The number of carbonyl (C=O) groups is 2. The van der Waals surface area contributed by atoms with Crippen LogP contribution in [0.2, 0.25) is 0 Å². The molecule has 1 aromatic heterocycles. The van der Waals surface area contributed by atoms with Gasteiger partial charge in [0.15, 0.2) is 0 Å². The molecule has 7 nitrogen and oxygen atoms in total. The zero-order chi connectivity index (χ0) is 21.9. The molecule has 1 N–H and O–H groups in total. The molecule has 1 aliphatic rings. The summed E-state index contributed by atoms with van der Waals surface area (Å²) in [6.07, 6.45) is 2.52. The lowest BCUT2D eigenvalue weighted by Gasteiger charge is -2.28. The second-order valence-corrected chi connectivity index (χ2v) is 9.50. The monoisotopic (exact) mass is 430 g/mol. The topological polar surface area (TPSA) is 84.4 Å². The Hall–Kier alpha value is -2.48. The van der Waals surface area contributed by atoms with Crippen LogP contribution in [0.3, 0.4) is 0 Å². The van der Waals surface area contributed by atoms with Gasteiger partial charge in [0.1, 0.15) is 17.2 Å². The molecule has 0 unspecified atom stereocenters. The second-order valence-electron chi connectivity index (χ2n) is 8.75. The lowest BCUT2D eigenvalue weighted by atomic mass is 9.92. The summed E-state index contributed by atoms with van der Waals surface area (Å²) in [6, 6.07) is 5.45. The van der Waals surface area contributed by atoms with Gasteiger partial charge in [-0.2, -0.15) is 0 Å². The quantitative estimate of drug-likeness (QED) is 0.697. The summed E-state index contributed by atoms with van der Waals surface area (Å²) in [5.41, 5.74) is 1.46. The number of benzene rings is 1. The summed E-state index contributed by atoms with van der Waals surface area (Å²) in [5.74, 6) is 0.915. The number of nitrogens with one attached hydrogen (secondary N) is 1. The standard InChI is InChI=1S/C22H30N4O3S/c1-6-7-16-19(30-25-24-16)20(27)23-15-8-9-17-18(12-15)29-13-22(4,5)21(28)26(17)11-10-14(2)3/h8-9,12,14H,6-7,10-11,13H2,1-5H3,(H,23,27). The maximum Gasteiger partial charge on any atom is 0.269 e. The van der Waals surface area contributed by atoms with E-state index in [0.717, 1.165) is 35.8 Å². The molecule has 0 spiro atoms. The number of aryl methyl sites for hydroxylation is 1. The number of fused-ring (bicyclic) bond motifs is 1. The fourth-order valence-electron chi connectivity index (χ4n) is 3.30. The van der Waals surface area contributed by atoms with E-state index in [1.165, 1.54) is 0 Å². The van der Waals surface area contributed by atoms with Gasteiger partial charge in [0, 0.05) is 18.3 Å². The van der Waals surface area contributed by atoms with Gasteiger partial charge in [0.2, 0.25) is 5.91 Å². The molecular weight excluding hydrogens is 400 g/mol. The normalized spacial score (nSPS) is 15.5. The number of anilines is 2. The van der Waals surface area contributed by atoms with Crippen molar-refractivity contribution in [1.82, 2.24) is 9.59 Å². The molecule has 1 aromatic carbocycles. The summed E-state index contributed by atoms with van der Waals surface area (Å²) in [6.45, 7) is 11.0. The summed E-state index contributed by atoms with van der Waals surface area (Å²) in [5, 5.41) is 6.98. The average Bonchev–Trinajstić information content (AvgIpc) is 3.12. The van der Waals surface area contributed by atoms with E-state index in [4.69, 9.17) is 4.74 Å². The van der Waals surface area contributed by atoms with Crippen molar-refractivity contribution in [3.63, 3.8) is 0 Å². The largest absolute Gasteiger partial charge is 0.490 e. The van der Waals surface area contributed by atoms with E-state index < -0.39 is 5.41 Å². The Labute approximate surface area is 182 Å². The molecule has 0 saturated carbocycles. The minimum absolute atomic E-state index is 0.0543. The van der Waals surface area contributed by atoms with E-state index in [9.17, 15) is 9.59 Å². The Morgan fingerprint density at radius 3 is 2.83 bits per heavy atom. The minimum atomic E-state index is -0.622. The van der Waals surface area contributed by atoms with Gasteiger partial charge in [0.05, 0.1) is 16.8 Å². The fourth-order valence-corrected chi connectivity index (χ4v) is 3.91. The van der Waals surface area contributed by atoms with Crippen molar-refractivity contribution in [3.05, 3.63) is 28.8 Å². The van der Waals surface area contributed by atoms with E-state index in [-0.39, 0.29) is 18.4 Å². The smallest absolute Gasteiger partial charge is 0.269 e. The number of amides is 2. The Balaban J connectivity index is 1.86. The molecule has 0 fully saturated rings. The van der Waals surface area contributed by atoms with Crippen molar-refractivity contribution in [2.45, 2.75) is 53.9 Å². The van der Waals surface area contributed by atoms with Gasteiger partial charge in [-0.25, -0.2) is 0 Å². The zero-order valence-electron chi connectivity index (χ0n) is 18.3. The maximum atomic E-state index is 13.1. The summed E-state index contributed by atoms with van der Waals surface area (Å²) in [4.78, 5) is 28.2. The van der Waals surface area contributed by atoms with Crippen molar-refractivity contribution in [1.29, 1.82) is 0 Å². The van der Waals surface area contributed by atoms with Crippen LogP contribution in [0.5, 0.6) is 5.75 Å². The lowest BCUT2D eigenvalue weighted by molar-refractivity contribution is -0.127. The summed E-state index contributed by atoms with van der Waals surface area (Å²) in [7, 11) is 0. The number of hydrogen-bond donors (Lipinski definition) is 1. The Morgan fingerprint density at radius 2 is 2.13 bits per heavy atom. The first-order valence-electron chi connectivity index (χ1n) is 10.4. The van der Waals surface area contributed by atoms with Crippen LogP contribution < -0.4 is 15.0 Å². The van der Waals surface area contributed by atoms with Crippen molar-refractivity contribution in [2.75, 3.05) is 23.4 Å². The van der Waals surface area contributed by atoms with Crippen LogP contribution in [0.15, 0.2) is 18.2 Å². The Kier molecular flexibility index (Phi) is 6.75. The van der Waals surface area contributed by atoms with Crippen molar-refractivity contribution in [3.8, 4) is 5.75 Å². The van der Waals surface area contributed by atoms with Gasteiger partial charge in [-0.3, -0.25) is 9.59 Å². The highest BCUT2D eigenvalue weighted by molar-refractivity contribution is 7.08. The van der Waals surface area contributed by atoms with Gasteiger partial charge in [-0.15, -0.1) is 5.10 Å². The highest BCUT2D eigenvalue weighted by Crippen LogP contribution is 2.38. The van der Waals surface area contributed by atoms with Gasteiger partial charge in [-0.1, -0.05) is 31.7 Å². The third-order valence-corrected chi connectivity index (χ3v) is 5.87. The molecular formula is C22H30N4O3S. The minimum Gasteiger partial charge on any atom is -0.490 e. The third-order valence-electron chi connectivity index (χ3n) is 5.10. The molecule has 8 heteroatoms. The van der Waals surface area contributed by atoms with E-state index in [0.29, 0.717) is 35.2 Å². The molecule has 162 valence electrons. The number of rotatable bonds is 7. The van der Waals surface area contributed by atoms with Gasteiger partial charge in [-0.05, 0) is 56.3 Å². The predicted molar refractivity (Wildman–Crippen MR) is 119 cm³/mol. The molecule has 2 heterocycles. The number of ether oxygens (including phenoxy) is 1. The predicted octanol–water partition coefficient (Wildman–Crippen LogP) is 4.54. The number of carbonyl (C=O) groups excluding carboxylic acids is 2. The molecule has 30 heavy (non-hydrogen) atoms. The van der Waals surface area contributed by atoms with Crippen LogP contribution in [-0.2, 0) is 11.2 Å². The van der Waals surface area contributed by atoms with Crippen LogP contribution in [0.1, 0.15) is 62.8 Å². The van der Waals surface area contributed by atoms with Crippen LogP contribution >= 0.6 is 11.5 Å². The molecule has 0 bridgehead atoms. The molecule has 0 radical (unpaired) electrons. The SMILES string of the molecule is CCCc1nnsc1C(=O)Nc1ccc2c(c1)OCC(C)(C)C(=O)N2CCC(C)C. The van der Waals surface area contributed by atoms with E-state index >= 15 is 0 Å². The molecule has 2 amide bonds. The molecule has 0 atom stereocenters. The van der Waals surface area contributed by atoms with E-state index in [1.807, 2.05) is 37.8 Å². The lowest BCUT2D eigenvalue weighted by Crippen LogP contribution is -2.42. The first kappa shape index (κ1) is 22.2. The fraction of sp³-hybridized carbons (Fsp3) is 0.545. The highest BCUT2D eigenvalue weighted by Gasteiger charge is 2.37. The van der Waals surface area contributed by atoms with Gasteiger partial charge >= 0.3 is 0 Å². The van der Waals surface area contributed by atoms with Crippen molar-refractivity contribution < 1.29 is 14.3 Å². The Morgan fingerprint density at radius 1 is 1.37 bits per heavy atom. The number of nitrogens with zero attached hydrogens (tertiary/aromatic N) is 3. The first-order chi connectivity index (χ1) is 14.2. The van der Waals surface area contributed by atoms with Gasteiger partial charge in [0.25, 0.3) is 5.91 Å². The van der Waals surface area contributed by atoms with Crippen molar-refractivity contribution >= 4 is 34.7 Å². The van der Waals surface area contributed by atoms with Crippen LogP contribution in [0, 0.1) is 11.3 Å². The average molecular weight is 431 g/mol. The van der Waals surface area contributed by atoms with Crippen LogP contribution in [-0.4, -0.2) is 34.6 Å². The van der Waals surface area contributed by atoms with Gasteiger partial charge < -0.3 is 15.0 Å². The van der Waals surface area contributed by atoms with Crippen molar-refractivity contribution in [2.24, 2.45) is 11.3 Å². The van der Waals surface area contributed by atoms with E-state index in [2.05, 4.69) is 28.8 Å². The maximum absolute atomic E-state index is 13.1. The molecule has 3 rings (SSSR count). The molecule has 0 aliphatic carbocycles.